The van der Waals surface area contributed by atoms with E-state index in [2.05, 4.69) is 42.2 Å². The zero-order valence-electron chi connectivity index (χ0n) is 11.8. The number of piperidine rings is 1. The molecule has 1 fully saturated rings. The molecular formula is C15H25N3. The summed E-state index contributed by atoms with van der Waals surface area (Å²) in [6.45, 7) is 9.32. The summed E-state index contributed by atoms with van der Waals surface area (Å²) in [6.07, 6.45) is 5.10. The fourth-order valence-electron chi connectivity index (χ4n) is 3.02. The molecule has 1 unspecified atom stereocenters. The van der Waals surface area contributed by atoms with E-state index in [1.807, 2.05) is 18.5 Å². The topological polar surface area (TPSA) is 28.2 Å². The molecular weight excluding hydrogens is 222 g/mol. The minimum absolute atomic E-state index is 0.392. The first-order chi connectivity index (χ1) is 8.62. The number of hydrogen-bond donors (Lipinski definition) is 1. The third-order valence-electron chi connectivity index (χ3n) is 4.11. The fourth-order valence-corrected chi connectivity index (χ4v) is 3.02. The van der Waals surface area contributed by atoms with E-state index in [0.29, 0.717) is 5.41 Å². The second-order valence-electron chi connectivity index (χ2n) is 6.10. The van der Waals surface area contributed by atoms with Crippen LogP contribution in [0.25, 0.3) is 0 Å². The smallest absolute Gasteiger partial charge is 0.0312 e. The Balaban J connectivity index is 1.94. The molecule has 0 aromatic carbocycles. The average Bonchev–Trinajstić information content (AvgIpc) is 2.33. The summed E-state index contributed by atoms with van der Waals surface area (Å²) < 4.78 is 0. The maximum atomic E-state index is 4.19. The normalized spacial score (nSPS) is 24.1. The molecule has 100 valence electrons. The summed E-state index contributed by atoms with van der Waals surface area (Å²) >= 11 is 0. The van der Waals surface area contributed by atoms with Crippen LogP contribution >= 0.6 is 0 Å². The Morgan fingerprint density at radius 2 is 2.33 bits per heavy atom. The van der Waals surface area contributed by atoms with Gasteiger partial charge in [0.05, 0.1) is 0 Å². The number of hydrogen-bond acceptors (Lipinski definition) is 3. The molecule has 18 heavy (non-hydrogen) atoms. The summed E-state index contributed by atoms with van der Waals surface area (Å²) in [5.41, 5.74) is 1.71. The zero-order chi connectivity index (χ0) is 13.0. The molecule has 3 nitrogen and oxygen atoms in total. The van der Waals surface area contributed by atoms with Gasteiger partial charge in [0.2, 0.25) is 0 Å². The quantitative estimate of drug-likeness (QED) is 0.883. The van der Waals surface area contributed by atoms with Gasteiger partial charge in [0, 0.05) is 25.5 Å². The van der Waals surface area contributed by atoms with Crippen LogP contribution in [0, 0.1) is 11.3 Å². The van der Waals surface area contributed by atoms with Crippen molar-refractivity contribution < 1.29 is 0 Å². The zero-order valence-corrected chi connectivity index (χ0v) is 11.8. The van der Waals surface area contributed by atoms with E-state index < -0.39 is 0 Å². The van der Waals surface area contributed by atoms with E-state index in [4.69, 9.17) is 0 Å². The van der Waals surface area contributed by atoms with Gasteiger partial charge in [-0.1, -0.05) is 19.9 Å². The number of pyridine rings is 1. The third-order valence-corrected chi connectivity index (χ3v) is 4.11. The van der Waals surface area contributed by atoms with Crippen LogP contribution in [0.1, 0.15) is 25.8 Å². The van der Waals surface area contributed by atoms with Crippen molar-refractivity contribution in [3.05, 3.63) is 30.1 Å². The number of likely N-dealkylation sites (tertiary alicyclic amines) is 1. The van der Waals surface area contributed by atoms with Gasteiger partial charge in [-0.3, -0.25) is 9.88 Å². The number of aromatic nitrogens is 1. The summed E-state index contributed by atoms with van der Waals surface area (Å²) in [5.74, 6) is 0.785. The van der Waals surface area contributed by atoms with E-state index >= 15 is 0 Å². The number of nitrogens with zero attached hydrogens (tertiary/aromatic N) is 2. The maximum absolute atomic E-state index is 4.19. The molecule has 2 heterocycles. The Hall–Kier alpha value is -0.930. The third kappa shape index (κ3) is 3.30. The molecule has 0 bridgehead atoms. The van der Waals surface area contributed by atoms with E-state index in [1.165, 1.54) is 25.1 Å². The lowest BCUT2D eigenvalue weighted by Gasteiger charge is -2.44. The highest BCUT2D eigenvalue weighted by Gasteiger charge is 2.35. The molecule has 1 aliphatic rings. The first-order valence-corrected chi connectivity index (χ1v) is 6.87. The van der Waals surface area contributed by atoms with E-state index in [9.17, 15) is 0 Å². The standard InChI is InChI=1S/C15H25N3/c1-15(2)12-18(8-6-14(15)10-16-3)11-13-5-4-7-17-9-13/h4-5,7,9,14,16H,6,8,10-12H2,1-3H3. The molecule has 0 saturated carbocycles. The average molecular weight is 247 g/mol. The lowest BCUT2D eigenvalue weighted by Crippen LogP contribution is -2.48. The van der Waals surface area contributed by atoms with Crippen LogP contribution in [0.3, 0.4) is 0 Å². The van der Waals surface area contributed by atoms with Gasteiger partial charge in [0.1, 0.15) is 0 Å². The predicted octanol–water partition coefficient (Wildman–Crippen LogP) is 2.15. The van der Waals surface area contributed by atoms with Crippen molar-refractivity contribution >= 4 is 0 Å². The summed E-state index contributed by atoms with van der Waals surface area (Å²) in [5, 5.41) is 3.33. The van der Waals surface area contributed by atoms with Crippen LogP contribution in [0.5, 0.6) is 0 Å². The lowest BCUT2D eigenvalue weighted by molar-refractivity contribution is 0.0512. The van der Waals surface area contributed by atoms with Gasteiger partial charge in [0.15, 0.2) is 0 Å². The minimum Gasteiger partial charge on any atom is -0.319 e. The second kappa shape index (κ2) is 5.81. The van der Waals surface area contributed by atoms with Crippen molar-refractivity contribution in [1.29, 1.82) is 0 Å². The molecule has 1 N–H and O–H groups in total. The fraction of sp³-hybridized carbons (Fsp3) is 0.667. The van der Waals surface area contributed by atoms with Crippen molar-refractivity contribution in [2.45, 2.75) is 26.8 Å². The van der Waals surface area contributed by atoms with Crippen LogP contribution in [-0.2, 0) is 6.54 Å². The van der Waals surface area contributed by atoms with Gasteiger partial charge >= 0.3 is 0 Å². The first kappa shape index (κ1) is 13.5. The molecule has 0 radical (unpaired) electrons. The van der Waals surface area contributed by atoms with Crippen molar-refractivity contribution in [1.82, 2.24) is 15.2 Å². The van der Waals surface area contributed by atoms with Crippen LogP contribution < -0.4 is 5.32 Å². The molecule has 1 atom stereocenters. The summed E-state index contributed by atoms with van der Waals surface area (Å²) in [4.78, 5) is 6.75. The van der Waals surface area contributed by atoms with Crippen LogP contribution in [-0.4, -0.2) is 36.6 Å². The lowest BCUT2D eigenvalue weighted by atomic mass is 9.74. The predicted molar refractivity (Wildman–Crippen MR) is 75.3 cm³/mol. The highest BCUT2D eigenvalue weighted by Crippen LogP contribution is 2.34. The van der Waals surface area contributed by atoms with Crippen molar-refractivity contribution in [3.63, 3.8) is 0 Å². The highest BCUT2D eigenvalue weighted by molar-refractivity contribution is 5.08. The van der Waals surface area contributed by atoms with E-state index in [-0.39, 0.29) is 0 Å². The van der Waals surface area contributed by atoms with E-state index in [1.54, 1.807) is 0 Å². The Kier molecular flexibility index (Phi) is 4.36. The molecule has 3 heteroatoms. The van der Waals surface area contributed by atoms with Crippen molar-refractivity contribution in [3.8, 4) is 0 Å². The monoisotopic (exact) mass is 247 g/mol. The molecule has 1 aromatic heterocycles. The Labute approximate surface area is 111 Å². The van der Waals surface area contributed by atoms with Gasteiger partial charge in [-0.05, 0) is 49.5 Å². The largest absolute Gasteiger partial charge is 0.319 e. The molecule has 1 aliphatic heterocycles. The number of nitrogens with one attached hydrogen (secondary N) is 1. The SMILES string of the molecule is CNCC1CCN(Cc2cccnc2)CC1(C)C. The molecule has 0 spiro atoms. The summed E-state index contributed by atoms with van der Waals surface area (Å²) in [7, 11) is 2.05. The van der Waals surface area contributed by atoms with Crippen LogP contribution in [0.4, 0.5) is 0 Å². The van der Waals surface area contributed by atoms with Crippen molar-refractivity contribution in [2.24, 2.45) is 11.3 Å². The van der Waals surface area contributed by atoms with Gasteiger partial charge < -0.3 is 5.32 Å². The van der Waals surface area contributed by atoms with Crippen molar-refractivity contribution in [2.75, 3.05) is 26.7 Å². The Morgan fingerprint density at radius 3 is 2.94 bits per heavy atom. The molecule has 0 aliphatic carbocycles. The maximum Gasteiger partial charge on any atom is 0.0312 e. The van der Waals surface area contributed by atoms with E-state index in [0.717, 1.165) is 19.0 Å². The summed E-state index contributed by atoms with van der Waals surface area (Å²) in [6, 6.07) is 4.19. The first-order valence-electron chi connectivity index (χ1n) is 6.87. The van der Waals surface area contributed by atoms with Crippen LogP contribution in [0.15, 0.2) is 24.5 Å². The van der Waals surface area contributed by atoms with Gasteiger partial charge in [-0.25, -0.2) is 0 Å². The van der Waals surface area contributed by atoms with Gasteiger partial charge in [0.25, 0.3) is 0 Å². The van der Waals surface area contributed by atoms with Gasteiger partial charge in [-0.15, -0.1) is 0 Å². The molecule has 1 saturated heterocycles. The highest BCUT2D eigenvalue weighted by atomic mass is 15.1. The second-order valence-corrected chi connectivity index (χ2v) is 6.10. The van der Waals surface area contributed by atoms with Gasteiger partial charge in [-0.2, -0.15) is 0 Å². The molecule has 1 aromatic rings. The molecule has 0 amide bonds. The minimum atomic E-state index is 0.392. The number of rotatable bonds is 4. The Bertz CT molecular complexity index is 361. The molecule has 2 rings (SSSR count). The van der Waals surface area contributed by atoms with Crippen LogP contribution in [0.2, 0.25) is 0 Å². The Morgan fingerprint density at radius 1 is 1.50 bits per heavy atom.